The van der Waals surface area contributed by atoms with Crippen molar-refractivity contribution in [2.24, 2.45) is 0 Å². The molecule has 0 aliphatic heterocycles. The topological polar surface area (TPSA) is 85.8 Å². The number of anilines is 1. The Hall–Kier alpha value is -1.96. The Kier molecular flexibility index (Phi) is 2.82. The first-order chi connectivity index (χ1) is 7.69. The molecule has 0 aliphatic rings. The number of halogens is 1. The molecule has 2 aromatic rings. The summed E-state index contributed by atoms with van der Waals surface area (Å²) in [6.45, 7) is 3.45. The molecule has 82 valence electrons. The number of hydrogen-bond acceptors (Lipinski definition) is 5. The van der Waals surface area contributed by atoms with Gasteiger partial charge in [0, 0.05) is 6.20 Å². The van der Waals surface area contributed by atoms with E-state index in [0.717, 1.165) is 4.80 Å². The fraction of sp³-hybridized carbons (Fsp3) is 0. The molecule has 2 heterocycles. The van der Waals surface area contributed by atoms with E-state index in [1.165, 1.54) is 12.3 Å². The van der Waals surface area contributed by atoms with Crippen LogP contribution in [0.2, 0.25) is 0 Å². The molecule has 0 unspecified atom stereocenters. The van der Waals surface area contributed by atoms with Gasteiger partial charge in [-0.15, -0.1) is 9.90 Å². The van der Waals surface area contributed by atoms with Crippen molar-refractivity contribution >= 4 is 34.0 Å². The zero-order valence-corrected chi connectivity index (χ0v) is 9.51. The predicted octanol–water partition coefficient (Wildman–Crippen LogP) is 1.38. The average molecular weight is 284 g/mol. The summed E-state index contributed by atoms with van der Waals surface area (Å²) in [5.74, 6) is -0.214. The van der Waals surface area contributed by atoms with E-state index in [1.54, 1.807) is 6.07 Å². The van der Waals surface area contributed by atoms with Gasteiger partial charge in [-0.2, -0.15) is 0 Å². The maximum atomic E-state index is 11.6. The first kappa shape index (κ1) is 10.6. The van der Waals surface area contributed by atoms with Gasteiger partial charge in [0.2, 0.25) is 0 Å². The lowest BCUT2D eigenvalue weighted by atomic mass is 10.4. The van der Waals surface area contributed by atoms with E-state index < -0.39 is 5.91 Å². The van der Waals surface area contributed by atoms with Crippen molar-refractivity contribution in [2.75, 3.05) is 5.32 Å². The summed E-state index contributed by atoms with van der Waals surface area (Å²) in [5, 5.41) is 13.4. The molecule has 16 heavy (non-hydrogen) atoms. The summed E-state index contributed by atoms with van der Waals surface area (Å²) in [7, 11) is 0. The van der Waals surface area contributed by atoms with E-state index in [4.69, 9.17) is 4.42 Å². The van der Waals surface area contributed by atoms with E-state index >= 15 is 0 Å². The Morgan fingerprint density at radius 1 is 1.62 bits per heavy atom. The van der Waals surface area contributed by atoms with Crippen LogP contribution in [0.5, 0.6) is 0 Å². The molecule has 0 aliphatic carbocycles. The van der Waals surface area contributed by atoms with Gasteiger partial charge in [-0.05, 0) is 33.3 Å². The van der Waals surface area contributed by atoms with Gasteiger partial charge in [0.1, 0.15) is 0 Å². The second-order valence-corrected chi connectivity index (χ2v) is 3.46. The van der Waals surface area contributed by atoms with Crippen molar-refractivity contribution < 1.29 is 9.21 Å². The van der Waals surface area contributed by atoms with Crippen LogP contribution in [0.25, 0.3) is 6.20 Å². The summed E-state index contributed by atoms with van der Waals surface area (Å²) in [6.07, 6.45) is 1.35. The normalized spacial score (nSPS) is 10.1. The molecule has 0 bridgehead atoms. The average Bonchev–Trinajstić information content (AvgIpc) is 2.87. The van der Waals surface area contributed by atoms with Crippen LogP contribution in [0.1, 0.15) is 10.6 Å². The molecule has 1 N–H and O–H groups in total. The summed E-state index contributed by atoms with van der Waals surface area (Å²) >= 11 is 3.09. The molecule has 8 heteroatoms. The Morgan fingerprint density at radius 2 is 2.44 bits per heavy atom. The van der Waals surface area contributed by atoms with E-state index in [0.29, 0.717) is 4.67 Å². The number of hydrogen-bond donors (Lipinski definition) is 1. The van der Waals surface area contributed by atoms with Crippen LogP contribution in [0, 0.1) is 0 Å². The molecule has 2 aromatic heterocycles. The molecule has 0 saturated carbocycles. The third kappa shape index (κ3) is 2.16. The predicted molar refractivity (Wildman–Crippen MR) is 58.6 cm³/mol. The van der Waals surface area contributed by atoms with Gasteiger partial charge in [-0.1, -0.05) is 11.7 Å². The van der Waals surface area contributed by atoms with Gasteiger partial charge in [-0.3, -0.25) is 10.1 Å². The monoisotopic (exact) mass is 283 g/mol. The maximum Gasteiger partial charge on any atom is 0.293 e. The molecule has 0 spiro atoms. The highest BCUT2D eigenvalue weighted by Gasteiger charge is 2.12. The summed E-state index contributed by atoms with van der Waals surface area (Å²) in [6, 6.07) is 3.14. The SMILES string of the molecule is C=Cn1nnc(NC(=O)c2ccc(Br)o2)n1. The Balaban J connectivity index is 2.10. The molecular weight excluding hydrogens is 278 g/mol. The first-order valence-corrected chi connectivity index (χ1v) is 4.97. The fourth-order valence-corrected chi connectivity index (χ4v) is 1.26. The molecule has 0 radical (unpaired) electrons. The number of furan rings is 1. The molecule has 7 nitrogen and oxygen atoms in total. The molecule has 0 fully saturated rings. The van der Waals surface area contributed by atoms with E-state index in [2.05, 4.69) is 43.2 Å². The largest absolute Gasteiger partial charge is 0.444 e. The number of rotatable bonds is 3. The van der Waals surface area contributed by atoms with Crippen molar-refractivity contribution in [3.05, 3.63) is 29.1 Å². The zero-order valence-electron chi connectivity index (χ0n) is 7.92. The van der Waals surface area contributed by atoms with Crippen LogP contribution in [0.3, 0.4) is 0 Å². The van der Waals surface area contributed by atoms with Crippen molar-refractivity contribution in [3.63, 3.8) is 0 Å². The van der Waals surface area contributed by atoms with E-state index in [9.17, 15) is 4.79 Å². The van der Waals surface area contributed by atoms with Crippen molar-refractivity contribution in [2.45, 2.75) is 0 Å². The maximum absolute atomic E-state index is 11.6. The summed E-state index contributed by atoms with van der Waals surface area (Å²) in [5.41, 5.74) is 0. The Bertz CT molecular complexity index is 532. The van der Waals surface area contributed by atoms with Gasteiger partial charge in [0.05, 0.1) is 0 Å². The molecule has 0 saturated heterocycles. The van der Waals surface area contributed by atoms with Crippen LogP contribution in [-0.4, -0.2) is 26.1 Å². The first-order valence-electron chi connectivity index (χ1n) is 4.18. The lowest BCUT2D eigenvalue weighted by molar-refractivity contribution is 0.0994. The minimum Gasteiger partial charge on any atom is -0.444 e. The quantitative estimate of drug-likeness (QED) is 0.920. The molecule has 1 amide bonds. The van der Waals surface area contributed by atoms with Gasteiger partial charge in [0.25, 0.3) is 11.9 Å². The minimum atomic E-state index is -0.450. The third-order valence-electron chi connectivity index (χ3n) is 1.61. The van der Waals surface area contributed by atoms with Gasteiger partial charge >= 0.3 is 0 Å². The van der Waals surface area contributed by atoms with Gasteiger partial charge in [0.15, 0.2) is 10.4 Å². The number of aromatic nitrogens is 4. The fourth-order valence-electron chi connectivity index (χ4n) is 0.952. The summed E-state index contributed by atoms with van der Waals surface area (Å²) in [4.78, 5) is 12.7. The van der Waals surface area contributed by atoms with Crippen LogP contribution >= 0.6 is 15.9 Å². The number of tetrazole rings is 1. The second kappa shape index (κ2) is 4.27. The van der Waals surface area contributed by atoms with Crippen molar-refractivity contribution in [1.29, 1.82) is 0 Å². The highest BCUT2D eigenvalue weighted by molar-refractivity contribution is 9.10. The third-order valence-corrected chi connectivity index (χ3v) is 2.04. The number of nitrogens with zero attached hydrogens (tertiary/aromatic N) is 4. The van der Waals surface area contributed by atoms with Crippen LogP contribution in [-0.2, 0) is 0 Å². The number of carbonyl (C=O) groups is 1. The van der Waals surface area contributed by atoms with Gasteiger partial charge < -0.3 is 4.42 Å². The Morgan fingerprint density at radius 3 is 3.00 bits per heavy atom. The van der Waals surface area contributed by atoms with E-state index in [1.807, 2.05) is 0 Å². The van der Waals surface area contributed by atoms with Crippen LogP contribution in [0.15, 0.2) is 27.8 Å². The second-order valence-electron chi connectivity index (χ2n) is 2.67. The van der Waals surface area contributed by atoms with Crippen LogP contribution < -0.4 is 5.32 Å². The minimum absolute atomic E-state index is 0.0809. The Labute approximate surface area is 98.3 Å². The highest BCUT2D eigenvalue weighted by atomic mass is 79.9. The number of carbonyl (C=O) groups excluding carboxylic acids is 1. The lowest BCUT2D eigenvalue weighted by Crippen LogP contribution is -2.12. The van der Waals surface area contributed by atoms with Crippen molar-refractivity contribution in [3.8, 4) is 0 Å². The lowest BCUT2D eigenvalue weighted by Gasteiger charge is -1.94. The zero-order chi connectivity index (χ0) is 11.5. The number of amides is 1. The molecule has 0 atom stereocenters. The van der Waals surface area contributed by atoms with Gasteiger partial charge in [-0.25, -0.2) is 0 Å². The molecule has 0 aromatic carbocycles. The number of nitrogens with one attached hydrogen (secondary N) is 1. The highest BCUT2D eigenvalue weighted by Crippen LogP contribution is 2.14. The smallest absolute Gasteiger partial charge is 0.293 e. The molecule has 2 rings (SSSR count). The summed E-state index contributed by atoms with van der Waals surface area (Å²) < 4.78 is 5.52. The van der Waals surface area contributed by atoms with E-state index in [-0.39, 0.29) is 11.7 Å². The standard InChI is InChI=1S/C8H6BrN5O2/c1-2-14-12-8(11-13-14)10-7(15)5-3-4-6(9)16-5/h2-4H,1H2,(H,10,12,15). The van der Waals surface area contributed by atoms with Crippen LogP contribution in [0.4, 0.5) is 5.95 Å². The molecular formula is C8H6BrN5O2. The van der Waals surface area contributed by atoms with Crippen molar-refractivity contribution in [1.82, 2.24) is 20.2 Å².